The fourth-order valence-corrected chi connectivity index (χ4v) is 3.05. The van der Waals surface area contributed by atoms with Crippen LogP contribution in [0.2, 0.25) is 0 Å². The molecular formula is C14H18N2. The maximum atomic E-state index is 4.46. The summed E-state index contributed by atoms with van der Waals surface area (Å²) in [6.07, 6.45) is 5.61. The Morgan fingerprint density at radius 2 is 2.25 bits per heavy atom. The number of hydrogen-bond donors (Lipinski definition) is 0. The minimum atomic E-state index is 0.655. The van der Waals surface area contributed by atoms with Gasteiger partial charge in [-0.15, -0.1) is 0 Å². The zero-order valence-electron chi connectivity index (χ0n) is 9.93. The van der Waals surface area contributed by atoms with E-state index in [0.29, 0.717) is 18.0 Å². The Labute approximate surface area is 97.0 Å². The van der Waals surface area contributed by atoms with E-state index in [1.165, 1.54) is 24.2 Å². The molecule has 0 spiro atoms. The highest BCUT2D eigenvalue weighted by molar-refractivity contribution is 5.69. The SMILES string of the molecule is CC(C)N1CC2CC1C=C2c1ccccn1. The Hall–Kier alpha value is -1.15. The van der Waals surface area contributed by atoms with Gasteiger partial charge in [-0.2, -0.15) is 0 Å². The van der Waals surface area contributed by atoms with E-state index in [1.54, 1.807) is 0 Å². The molecule has 1 aliphatic heterocycles. The molecule has 1 fully saturated rings. The molecule has 0 N–H and O–H groups in total. The van der Waals surface area contributed by atoms with Gasteiger partial charge >= 0.3 is 0 Å². The second-order valence-electron chi connectivity index (χ2n) is 5.13. The molecule has 1 saturated heterocycles. The van der Waals surface area contributed by atoms with Gasteiger partial charge in [0.05, 0.1) is 5.69 Å². The van der Waals surface area contributed by atoms with Crippen LogP contribution in [0.25, 0.3) is 5.57 Å². The molecule has 2 aliphatic rings. The Morgan fingerprint density at radius 1 is 1.38 bits per heavy atom. The van der Waals surface area contributed by atoms with Gasteiger partial charge < -0.3 is 0 Å². The fourth-order valence-electron chi connectivity index (χ4n) is 3.05. The van der Waals surface area contributed by atoms with Crippen molar-refractivity contribution in [3.05, 3.63) is 36.2 Å². The van der Waals surface area contributed by atoms with Gasteiger partial charge in [0.2, 0.25) is 0 Å². The molecule has 1 aromatic rings. The lowest BCUT2D eigenvalue weighted by Crippen LogP contribution is -2.36. The first kappa shape index (κ1) is 10.0. The maximum absolute atomic E-state index is 4.46. The van der Waals surface area contributed by atoms with E-state index in [2.05, 4.69) is 41.9 Å². The van der Waals surface area contributed by atoms with Crippen LogP contribution in [0.15, 0.2) is 30.5 Å². The molecule has 2 heteroatoms. The lowest BCUT2D eigenvalue weighted by Gasteiger charge is -2.29. The van der Waals surface area contributed by atoms with Crippen LogP contribution in [-0.4, -0.2) is 28.5 Å². The molecule has 2 nitrogen and oxygen atoms in total. The molecular weight excluding hydrogens is 196 g/mol. The Balaban J connectivity index is 1.87. The molecule has 16 heavy (non-hydrogen) atoms. The molecule has 0 radical (unpaired) electrons. The van der Waals surface area contributed by atoms with Crippen molar-refractivity contribution in [1.82, 2.24) is 9.88 Å². The van der Waals surface area contributed by atoms with Gasteiger partial charge in [0, 0.05) is 30.7 Å². The van der Waals surface area contributed by atoms with Crippen LogP contribution in [0.5, 0.6) is 0 Å². The van der Waals surface area contributed by atoms with Gasteiger partial charge in [-0.05, 0) is 38.0 Å². The first-order valence-corrected chi connectivity index (χ1v) is 6.14. The second kappa shape index (κ2) is 3.70. The van der Waals surface area contributed by atoms with Crippen LogP contribution in [0.1, 0.15) is 26.0 Å². The Bertz CT molecular complexity index is 408. The van der Waals surface area contributed by atoms with Crippen molar-refractivity contribution in [3.8, 4) is 0 Å². The lowest BCUT2D eigenvalue weighted by molar-refractivity contribution is 0.227. The van der Waals surface area contributed by atoms with Crippen molar-refractivity contribution in [3.63, 3.8) is 0 Å². The molecule has 2 bridgehead atoms. The van der Waals surface area contributed by atoms with E-state index >= 15 is 0 Å². The number of rotatable bonds is 2. The van der Waals surface area contributed by atoms with Crippen molar-refractivity contribution in [2.24, 2.45) is 5.92 Å². The normalized spacial score (nSPS) is 28.8. The third kappa shape index (κ3) is 1.49. The molecule has 0 amide bonds. The predicted molar refractivity (Wildman–Crippen MR) is 66.0 cm³/mol. The molecule has 1 aromatic heterocycles. The van der Waals surface area contributed by atoms with E-state index in [1.807, 2.05) is 12.3 Å². The summed E-state index contributed by atoms with van der Waals surface area (Å²) in [7, 11) is 0. The third-order valence-electron chi connectivity index (χ3n) is 3.82. The maximum Gasteiger partial charge on any atom is 0.0662 e. The number of pyridine rings is 1. The number of aromatic nitrogens is 1. The van der Waals surface area contributed by atoms with Crippen LogP contribution in [0, 0.1) is 5.92 Å². The van der Waals surface area contributed by atoms with Gasteiger partial charge in [0.1, 0.15) is 0 Å². The van der Waals surface area contributed by atoms with Gasteiger partial charge in [-0.1, -0.05) is 12.1 Å². The smallest absolute Gasteiger partial charge is 0.0662 e. The van der Waals surface area contributed by atoms with Gasteiger partial charge in [-0.25, -0.2) is 0 Å². The molecule has 2 heterocycles. The van der Waals surface area contributed by atoms with Gasteiger partial charge in [0.15, 0.2) is 0 Å². The summed E-state index contributed by atoms with van der Waals surface area (Å²) >= 11 is 0. The van der Waals surface area contributed by atoms with E-state index in [4.69, 9.17) is 0 Å². The number of nitrogens with zero attached hydrogens (tertiary/aromatic N) is 2. The summed E-state index contributed by atoms with van der Waals surface area (Å²) in [5, 5.41) is 0. The van der Waals surface area contributed by atoms with Crippen LogP contribution in [0.3, 0.4) is 0 Å². The fraction of sp³-hybridized carbons (Fsp3) is 0.500. The van der Waals surface area contributed by atoms with E-state index in [-0.39, 0.29) is 0 Å². The van der Waals surface area contributed by atoms with Crippen molar-refractivity contribution in [2.45, 2.75) is 32.4 Å². The average molecular weight is 214 g/mol. The molecule has 3 rings (SSSR count). The first-order valence-electron chi connectivity index (χ1n) is 6.14. The second-order valence-corrected chi connectivity index (χ2v) is 5.13. The number of likely N-dealkylation sites (tertiary alicyclic amines) is 1. The number of hydrogen-bond acceptors (Lipinski definition) is 2. The van der Waals surface area contributed by atoms with Gasteiger partial charge in [-0.3, -0.25) is 9.88 Å². The largest absolute Gasteiger partial charge is 0.294 e. The van der Waals surface area contributed by atoms with E-state index < -0.39 is 0 Å². The molecule has 84 valence electrons. The van der Waals surface area contributed by atoms with Crippen LogP contribution < -0.4 is 0 Å². The predicted octanol–water partition coefficient (Wildman–Crippen LogP) is 2.58. The molecule has 2 unspecified atom stereocenters. The van der Waals surface area contributed by atoms with Crippen molar-refractivity contribution in [1.29, 1.82) is 0 Å². The summed E-state index contributed by atoms with van der Waals surface area (Å²) in [6.45, 7) is 5.79. The summed E-state index contributed by atoms with van der Waals surface area (Å²) in [6, 6.07) is 7.51. The molecule has 0 saturated carbocycles. The minimum absolute atomic E-state index is 0.655. The Kier molecular flexibility index (Phi) is 2.32. The lowest BCUT2D eigenvalue weighted by atomic mass is 9.99. The van der Waals surface area contributed by atoms with Crippen molar-refractivity contribution < 1.29 is 0 Å². The average Bonchev–Trinajstić information content (AvgIpc) is 2.89. The minimum Gasteiger partial charge on any atom is -0.294 e. The Morgan fingerprint density at radius 3 is 2.81 bits per heavy atom. The summed E-state index contributed by atoms with van der Waals surface area (Å²) in [4.78, 5) is 7.06. The van der Waals surface area contributed by atoms with Crippen molar-refractivity contribution in [2.75, 3.05) is 6.54 Å². The molecule has 1 aliphatic carbocycles. The highest BCUT2D eigenvalue weighted by Crippen LogP contribution is 2.42. The van der Waals surface area contributed by atoms with E-state index in [0.717, 1.165) is 0 Å². The highest BCUT2D eigenvalue weighted by atomic mass is 15.2. The zero-order valence-corrected chi connectivity index (χ0v) is 9.93. The summed E-state index contributed by atoms with van der Waals surface area (Å²) in [5.74, 6) is 0.710. The molecule has 0 aromatic carbocycles. The monoisotopic (exact) mass is 214 g/mol. The van der Waals surface area contributed by atoms with Crippen LogP contribution in [-0.2, 0) is 0 Å². The topological polar surface area (TPSA) is 16.1 Å². The number of fused-ring (bicyclic) bond motifs is 2. The van der Waals surface area contributed by atoms with Crippen LogP contribution in [0.4, 0.5) is 0 Å². The zero-order chi connectivity index (χ0) is 11.1. The van der Waals surface area contributed by atoms with Crippen molar-refractivity contribution >= 4 is 5.57 Å². The standard InChI is InChI=1S/C14H18N2/c1-10(2)16-9-11-7-12(16)8-13(11)14-5-3-4-6-15-14/h3-6,8,10-12H,7,9H2,1-2H3. The quantitative estimate of drug-likeness (QED) is 0.752. The first-order chi connectivity index (χ1) is 7.75. The van der Waals surface area contributed by atoms with Crippen LogP contribution >= 0.6 is 0 Å². The van der Waals surface area contributed by atoms with E-state index in [9.17, 15) is 0 Å². The third-order valence-corrected chi connectivity index (χ3v) is 3.82. The summed E-state index contributed by atoms with van der Waals surface area (Å²) in [5.41, 5.74) is 2.65. The van der Waals surface area contributed by atoms with Gasteiger partial charge in [0.25, 0.3) is 0 Å². The highest BCUT2D eigenvalue weighted by Gasteiger charge is 2.40. The summed E-state index contributed by atoms with van der Waals surface area (Å²) < 4.78 is 0. The molecule has 2 atom stereocenters.